The minimum Gasteiger partial charge on any atom is -0.497 e. The predicted octanol–water partition coefficient (Wildman–Crippen LogP) is 0.929. The Bertz CT molecular complexity index is 341. The summed E-state index contributed by atoms with van der Waals surface area (Å²) in [5.41, 5.74) is 2.97. The molecule has 0 bridgehead atoms. The first-order chi connectivity index (χ1) is 7.17. The molecule has 82 valence electrons. The fraction of sp³-hybridized carbons (Fsp3) is 0.300. The van der Waals surface area contributed by atoms with Crippen molar-refractivity contribution in [1.82, 2.24) is 10.7 Å². The maximum absolute atomic E-state index is 11.0. The van der Waals surface area contributed by atoms with Crippen LogP contribution in [0.4, 0.5) is 4.79 Å². The number of benzene rings is 1. The Morgan fingerprint density at radius 3 is 2.87 bits per heavy atom. The largest absolute Gasteiger partial charge is 0.497 e. The van der Waals surface area contributed by atoms with Gasteiger partial charge in [-0.05, 0) is 24.6 Å². The zero-order chi connectivity index (χ0) is 11.3. The number of nitrogens with two attached hydrogens (primary N) is 1. The number of amides is 2. The molecule has 1 rings (SSSR count). The quantitative estimate of drug-likeness (QED) is 0.394. The molecule has 0 spiro atoms. The Morgan fingerprint density at radius 2 is 2.27 bits per heavy atom. The molecule has 0 saturated heterocycles. The average Bonchev–Trinajstić information content (AvgIpc) is 2.28. The Morgan fingerprint density at radius 1 is 1.53 bits per heavy atom. The van der Waals surface area contributed by atoms with Gasteiger partial charge in [0.15, 0.2) is 0 Å². The monoisotopic (exact) mass is 209 g/mol. The standard InChI is InChI=1S/C10H15N3O2/c1-7(12-10(14)13-11)8-4-3-5-9(6-8)15-2/h3-7H,11H2,1-2H3,(H2,12,13,14)/t7-/m1/s1. The van der Waals surface area contributed by atoms with Crippen LogP contribution in [0.1, 0.15) is 18.5 Å². The van der Waals surface area contributed by atoms with Crippen molar-refractivity contribution >= 4 is 6.03 Å². The molecule has 15 heavy (non-hydrogen) atoms. The van der Waals surface area contributed by atoms with Gasteiger partial charge in [0.25, 0.3) is 0 Å². The number of carbonyl (C=O) groups excluding carboxylic acids is 1. The van der Waals surface area contributed by atoms with Crippen LogP contribution in [0, 0.1) is 0 Å². The van der Waals surface area contributed by atoms with E-state index in [1.165, 1.54) is 0 Å². The number of hydrogen-bond donors (Lipinski definition) is 3. The number of urea groups is 1. The molecule has 0 aliphatic rings. The SMILES string of the molecule is COc1cccc([C@@H](C)NC(=O)NN)c1. The van der Waals surface area contributed by atoms with Crippen molar-refractivity contribution < 1.29 is 9.53 Å². The molecule has 0 heterocycles. The van der Waals surface area contributed by atoms with Crippen LogP contribution in [-0.2, 0) is 0 Å². The van der Waals surface area contributed by atoms with E-state index in [9.17, 15) is 4.79 Å². The van der Waals surface area contributed by atoms with Crippen LogP contribution in [0.2, 0.25) is 0 Å². The highest BCUT2D eigenvalue weighted by Gasteiger charge is 2.08. The Hall–Kier alpha value is -1.75. The minimum absolute atomic E-state index is 0.122. The topological polar surface area (TPSA) is 76.4 Å². The number of carbonyl (C=O) groups is 1. The number of nitrogens with one attached hydrogen (secondary N) is 2. The van der Waals surface area contributed by atoms with Gasteiger partial charge in [0, 0.05) is 0 Å². The van der Waals surface area contributed by atoms with Crippen molar-refractivity contribution in [2.24, 2.45) is 5.84 Å². The van der Waals surface area contributed by atoms with E-state index in [1.807, 2.05) is 36.6 Å². The molecule has 0 unspecified atom stereocenters. The summed E-state index contributed by atoms with van der Waals surface area (Å²) in [7, 11) is 1.60. The van der Waals surface area contributed by atoms with Crippen molar-refractivity contribution in [2.75, 3.05) is 7.11 Å². The van der Waals surface area contributed by atoms with Gasteiger partial charge in [0.2, 0.25) is 0 Å². The molecule has 0 aliphatic heterocycles. The minimum atomic E-state index is -0.412. The van der Waals surface area contributed by atoms with Gasteiger partial charge in [-0.3, -0.25) is 5.43 Å². The van der Waals surface area contributed by atoms with Gasteiger partial charge in [0.1, 0.15) is 5.75 Å². The highest BCUT2D eigenvalue weighted by molar-refractivity contribution is 5.73. The van der Waals surface area contributed by atoms with Crippen molar-refractivity contribution in [2.45, 2.75) is 13.0 Å². The van der Waals surface area contributed by atoms with Gasteiger partial charge >= 0.3 is 6.03 Å². The van der Waals surface area contributed by atoms with Gasteiger partial charge in [-0.15, -0.1) is 0 Å². The zero-order valence-corrected chi connectivity index (χ0v) is 8.78. The van der Waals surface area contributed by atoms with E-state index in [0.29, 0.717) is 0 Å². The van der Waals surface area contributed by atoms with E-state index in [1.54, 1.807) is 7.11 Å². The van der Waals surface area contributed by atoms with Crippen molar-refractivity contribution in [3.05, 3.63) is 29.8 Å². The number of rotatable bonds is 3. The highest BCUT2D eigenvalue weighted by atomic mass is 16.5. The lowest BCUT2D eigenvalue weighted by Crippen LogP contribution is -2.40. The molecule has 2 amide bonds. The van der Waals surface area contributed by atoms with E-state index >= 15 is 0 Å². The second-order valence-electron chi connectivity index (χ2n) is 3.12. The van der Waals surface area contributed by atoms with E-state index in [0.717, 1.165) is 11.3 Å². The number of ether oxygens (including phenoxy) is 1. The molecule has 4 N–H and O–H groups in total. The lowest BCUT2D eigenvalue weighted by molar-refractivity contribution is 0.238. The smallest absolute Gasteiger partial charge is 0.329 e. The van der Waals surface area contributed by atoms with E-state index in [-0.39, 0.29) is 6.04 Å². The first-order valence-corrected chi connectivity index (χ1v) is 4.58. The third-order valence-electron chi connectivity index (χ3n) is 2.07. The Balaban J connectivity index is 2.72. The average molecular weight is 209 g/mol. The number of methoxy groups -OCH3 is 1. The lowest BCUT2D eigenvalue weighted by atomic mass is 10.1. The fourth-order valence-electron chi connectivity index (χ4n) is 1.23. The lowest BCUT2D eigenvalue weighted by Gasteiger charge is -2.14. The summed E-state index contributed by atoms with van der Waals surface area (Å²) in [5, 5.41) is 2.67. The van der Waals surface area contributed by atoms with Crippen LogP contribution in [-0.4, -0.2) is 13.1 Å². The molecule has 1 aromatic carbocycles. The molecule has 1 atom stereocenters. The normalized spacial score (nSPS) is 11.7. The molecular formula is C10H15N3O2. The zero-order valence-electron chi connectivity index (χ0n) is 8.78. The molecule has 0 radical (unpaired) electrons. The molecule has 1 aromatic rings. The molecule has 5 nitrogen and oxygen atoms in total. The van der Waals surface area contributed by atoms with Gasteiger partial charge in [-0.2, -0.15) is 0 Å². The summed E-state index contributed by atoms with van der Waals surface area (Å²) < 4.78 is 5.08. The Labute approximate surface area is 88.6 Å². The summed E-state index contributed by atoms with van der Waals surface area (Å²) in [6, 6.07) is 6.95. The molecular weight excluding hydrogens is 194 g/mol. The van der Waals surface area contributed by atoms with Crippen LogP contribution >= 0.6 is 0 Å². The molecule has 0 fully saturated rings. The first kappa shape index (κ1) is 11.3. The fourth-order valence-corrected chi connectivity index (χ4v) is 1.23. The number of hydrogen-bond acceptors (Lipinski definition) is 3. The third kappa shape index (κ3) is 3.14. The van der Waals surface area contributed by atoms with Crippen LogP contribution in [0.25, 0.3) is 0 Å². The summed E-state index contributed by atoms with van der Waals surface area (Å²) >= 11 is 0. The van der Waals surface area contributed by atoms with Gasteiger partial charge in [-0.1, -0.05) is 12.1 Å². The van der Waals surface area contributed by atoms with E-state index in [4.69, 9.17) is 10.6 Å². The van der Waals surface area contributed by atoms with Crippen LogP contribution < -0.4 is 21.3 Å². The van der Waals surface area contributed by atoms with E-state index < -0.39 is 6.03 Å². The predicted molar refractivity (Wildman–Crippen MR) is 57.3 cm³/mol. The van der Waals surface area contributed by atoms with Gasteiger partial charge < -0.3 is 10.1 Å². The number of hydrazine groups is 1. The van der Waals surface area contributed by atoms with Crippen LogP contribution in [0.3, 0.4) is 0 Å². The summed E-state index contributed by atoms with van der Waals surface area (Å²) in [5.74, 6) is 5.73. The molecule has 0 aromatic heterocycles. The Kier molecular flexibility index (Phi) is 3.93. The maximum Gasteiger partial charge on any atom is 0.329 e. The van der Waals surface area contributed by atoms with Crippen molar-refractivity contribution in [1.29, 1.82) is 0 Å². The van der Waals surface area contributed by atoms with Gasteiger partial charge in [-0.25, -0.2) is 10.6 Å². The van der Waals surface area contributed by atoms with Crippen molar-refractivity contribution in [3.63, 3.8) is 0 Å². The van der Waals surface area contributed by atoms with Crippen LogP contribution in [0.5, 0.6) is 5.75 Å². The van der Waals surface area contributed by atoms with Crippen LogP contribution in [0.15, 0.2) is 24.3 Å². The molecule has 5 heteroatoms. The molecule has 0 saturated carbocycles. The van der Waals surface area contributed by atoms with Gasteiger partial charge in [0.05, 0.1) is 13.2 Å². The molecule has 0 aliphatic carbocycles. The summed E-state index contributed by atoms with van der Waals surface area (Å²) in [6.45, 7) is 1.87. The second-order valence-corrected chi connectivity index (χ2v) is 3.12. The summed E-state index contributed by atoms with van der Waals surface area (Å²) in [6.07, 6.45) is 0. The maximum atomic E-state index is 11.0. The third-order valence-corrected chi connectivity index (χ3v) is 2.07. The second kappa shape index (κ2) is 5.21. The highest BCUT2D eigenvalue weighted by Crippen LogP contribution is 2.18. The summed E-state index contributed by atoms with van der Waals surface area (Å²) in [4.78, 5) is 11.0. The van der Waals surface area contributed by atoms with Crippen molar-refractivity contribution in [3.8, 4) is 5.75 Å². The first-order valence-electron chi connectivity index (χ1n) is 4.58. The van der Waals surface area contributed by atoms with E-state index in [2.05, 4.69) is 5.32 Å².